The van der Waals surface area contributed by atoms with Crippen molar-refractivity contribution in [1.82, 2.24) is 10.3 Å². The van der Waals surface area contributed by atoms with Crippen LogP contribution >= 0.6 is 12.2 Å². The molecule has 0 aliphatic rings. The monoisotopic (exact) mass is 173 g/mol. The van der Waals surface area contributed by atoms with E-state index in [1.165, 1.54) is 5.01 Å². The molecule has 0 fully saturated rings. The summed E-state index contributed by atoms with van der Waals surface area (Å²) in [6.45, 7) is 1.61. The van der Waals surface area contributed by atoms with Crippen molar-refractivity contribution < 1.29 is 4.79 Å². The van der Waals surface area contributed by atoms with E-state index in [-0.39, 0.29) is 0 Å². The number of thiocarbonyl (C=S) groups is 1. The Bertz CT molecular complexity index is 190. The average Bonchev–Trinajstić information content (AvgIpc) is 2.02. The molecule has 0 aliphatic carbocycles. The van der Waals surface area contributed by atoms with E-state index in [2.05, 4.69) is 10.4 Å². The number of aldehydes is 1. The van der Waals surface area contributed by atoms with Crippen LogP contribution in [0.2, 0.25) is 0 Å². The fraction of sp³-hybridized carbons (Fsp3) is 0.500. The first kappa shape index (κ1) is 10.0. The zero-order chi connectivity index (χ0) is 8.85. The number of nitrogens with one attached hydrogen (secondary N) is 1. The minimum atomic E-state index is 0.394. The molecule has 0 rings (SSSR count). The molecule has 0 atom stereocenters. The summed E-state index contributed by atoms with van der Waals surface area (Å²) in [6, 6.07) is 0. The number of carbonyl (C=O) groups is 1. The Kier molecular flexibility index (Phi) is 4.36. The van der Waals surface area contributed by atoms with E-state index in [9.17, 15) is 4.79 Å². The molecule has 0 heterocycles. The normalized spacial score (nSPS) is 10.6. The Morgan fingerprint density at radius 2 is 2.27 bits per heavy atom. The van der Waals surface area contributed by atoms with Gasteiger partial charge in [-0.3, -0.25) is 4.79 Å². The summed E-state index contributed by atoms with van der Waals surface area (Å²) in [5, 5.41) is 8.48. The molecule has 0 aromatic carbocycles. The van der Waals surface area contributed by atoms with Gasteiger partial charge in [0.1, 0.15) is 0 Å². The second-order valence-corrected chi connectivity index (χ2v) is 2.32. The molecule has 0 saturated carbocycles. The van der Waals surface area contributed by atoms with E-state index in [0.717, 1.165) is 0 Å². The highest BCUT2D eigenvalue weighted by Crippen LogP contribution is 1.85. The Balaban J connectivity index is 4.15. The van der Waals surface area contributed by atoms with Gasteiger partial charge in [0.25, 0.3) is 0 Å². The summed E-state index contributed by atoms with van der Waals surface area (Å²) in [5.74, 6) is 0. The molecule has 5 heteroatoms. The van der Waals surface area contributed by atoms with Gasteiger partial charge in [-0.1, -0.05) is 0 Å². The van der Waals surface area contributed by atoms with Crippen LogP contribution in [0.3, 0.4) is 0 Å². The molecule has 1 N–H and O–H groups in total. The Labute approximate surface area is 71.3 Å². The van der Waals surface area contributed by atoms with Crippen molar-refractivity contribution in [3.63, 3.8) is 0 Å². The van der Waals surface area contributed by atoms with E-state index < -0.39 is 0 Å². The molecule has 0 unspecified atom stereocenters. The Hall–Kier alpha value is -0.970. The van der Waals surface area contributed by atoms with Crippen molar-refractivity contribution in [2.45, 2.75) is 6.92 Å². The van der Waals surface area contributed by atoms with E-state index >= 15 is 0 Å². The highest BCUT2D eigenvalue weighted by molar-refractivity contribution is 7.80. The summed E-state index contributed by atoms with van der Waals surface area (Å²) in [6.07, 6.45) is 0.675. The molecule has 0 bridgehead atoms. The van der Waals surface area contributed by atoms with Crippen molar-refractivity contribution in [3.8, 4) is 0 Å². The fourth-order valence-corrected chi connectivity index (χ4v) is 0.508. The lowest BCUT2D eigenvalue weighted by atomic mass is 10.5. The number of nitrogens with zero attached hydrogens (tertiary/aromatic N) is 2. The predicted octanol–water partition coefficient (Wildman–Crippen LogP) is -0.00270. The molecule has 0 aromatic heterocycles. The van der Waals surface area contributed by atoms with Crippen LogP contribution in [0, 0.1) is 0 Å². The van der Waals surface area contributed by atoms with E-state index in [1.807, 2.05) is 0 Å². The zero-order valence-electron chi connectivity index (χ0n) is 6.79. The lowest BCUT2D eigenvalue weighted by molar-refractivity contribution is -0.102. The van der Waals surface area contributed by atoms with Crippen molar-refractivity contribution in [2.24, 2.45) is 5.10 Å². The summed E-state index contributed by atoms with van der Waals surface area (Å²) in [5.41, 5.74) is 0.394. The molecule has 0 aromatic rings. The maximum absolute atomic E-state index is 10.1. The molecular formula is C6H11N3OS. The molecule has 0 aliphatic heterocycles. The van der Waals surface area contributed by atoms with Gasteiger partial charge < -0.3 is 5.32 Å². The minimum Gasteiger partial charge on any atom is -0.364 e. The van der Waals surface area contributed by atoms with Crippen LogP contribution in [-0.4, -0.2) is 36.2 Å². The van der Waals surface area contributed by atoms with Crippen LogP contribution in [-0.2, 0) is 4.79 Å². The van der Waals surface area contributed by atoms with Gasteiger partial charge in [-0.05, 0) is 19.1 Å². The number of carbonyl (C=O) groups excluding carboxylic acids is 1. The number of hydrazone groups is 1. The number of hydrogen-bond acceptors (Lipinski definition) is 3. The van der Waals surface area contributed by atoms with Crippen molar-refractivity contribution in [1.29, 1.82) is 0 Å². The molecule has 4 nitrogen and oxygen atoms in total. The van der Waals surface area contributed by atoms with Crippen LogP contribution in [0.4, 0.5) is 0 Å². The smallest absolute Gasteiger partial charge is 0.189 e. The zero-order valence-corrected chi connectivity index (χ0v) is 7.60. The molecule has 0 amide bonds. The summed E-state index contributed by atoms with van der Waals surface area (Å²) >= 11 is 4.84. The molecule has 62 valence electrons. The molecular weight excluding hydrogens is 162 g/mol. The summed E-state index contributed by atoms with van der Waals surface area (Å²) in [7, 11) is 3.37. The maximum atomic E-state index is 10.1. The standard InChI is InChI=1S/C6H11N3OS/c1-5(4-10)8-9(3)6(11)7-2/h4H,1-3H3,(H,7,11). The van der Waals surface area contributed by atoms with Crippen LogP contribution in [0.15, 0.2) is 5.10 Å². The molecule has 0 spiro atoms. The Morgan fingerprint density at radius 1 is 1.73 bits per heavy atom. The van der Waals surface area contributed by atoms with Crippen molar-refractivity contribution in [3.05, 3.63) is 0 Å². The fourth-order valence-electron chi connectivity index (χ4n) is 0.467. The summed E-state index contributed by atoms with van der Waals surface area (Å²) in [4.78, 5) is 10.1. The van der Waals surface area contributed by atoms with Gasteiger partial charge in [-0.25, -0.2) is 5.01 Å². The van der Waals surface area contributed by atoms with Gasteiger partial charge in [0, 0.05) is 14.1 Å². The maximum Gasteiger partial charge on any atom is 0.189 e. The van der Waals surface area contributed by atoms with Gasteiger partial charge in [0.2, 0.25) is 0 Å². The first-order chi connectivity index (χ1) is 5.11. The number of rotatable bonds is 2. The second kappa shape index (κ2) is 4.79. The van der Waals surface area contributed by atoms with Gasteiger partial charge in [0.15, 0.2) is 11.4 Å². The summed E-state index contributed by atoms with van der Waals surface area (Å²) < 4.78 is 0. The van der Waals surface area contributed by atoms with Crippen LogP contribution < -0.4 is 5.32 Å². The first-order valence-corrected chi connectivity index (χ1v) is 3.48. The van der Waals surface area contributed by atoms with Gasteiger partial charge >= 0.3 is 0 Å². The third kappa shape index (κ3) is 3.67. The lowest BCUT2D eigenvalue weighted by Crippen LogP contribution is -2.31. The van der Waals surface area contributed by atoms with Crippen LogP contribution in [0.1, 0.15) is 6.92 Å². The van der Waals surface area contributed by atoms with Crippen LogP contribution in [0.25, 0.3) is 0 Å². The molecule has 0 radical (unpaired) electrons. The molecule has 11 heavy (non-hydrogen) atoms. The highest BCUT2D eigenvalue weighted by atomic mass is 32.1. The first-order valence-electron chi connectivity index (χ1n) is 3.07. The third-order valence-electron chi connectivity index (χ3n) is 0.986. The van der Waals surface area contributed by atoms with Gasteiger partial charge in [-0.2, -0.15) is 5.10 Å². The quantitative estimate of drug-likeness (QED) is 0.276. The number of hydrogen-bond donors (Lipinski definition) is 1. The molecule has 0 saturated heterocycles. The SMILES string of the molecule is CNC(=S)N(C)N=C(C)C=O. The Morgan fingerprint density at radius 3 is 2.64 bits per heavy atom. The van der Waals surface area contributed by atoms with Crippen molar-refractivity contribution >= 4 is 29.3 Å². The topological polar surface area (TPSA) is 44.7 Å². The predicted molar refractivity (Wildman–Crippen MR) is 48.6 cm³/mol. The third-order valence-corrected chi connectivity index (χ3v) is 1.45. The largest absolute Gasteiger partial charge is 0.364 e. The minimum absolute atomic E-state index is 0.394. The van der Waals surface area contributed by atoms with Gasteiger partial charge in [-0.15, -0.1) is 0 Å². The average molecular weight is 173 g/mol. The lowest BCUT2D eigenvalue weighted by Gasteiger charge is -2.12. The van der Waals surface area contributed by atoms with E-state index in [0.29, 0.717) is 17.1 Å². The van der Waals surface area contributed by atoms with Crippen molar-refractivity contribution in [2.75, 3.05) is 14.1 Å². The second-order valence-electron chi connectivity index (χ2n) is 1.94. The van der Waals surface area contributed by atoms with Crippen LogP contribution in [0.5, 0.6) is 0 Å². The highest BCUT2D eigenvalue weighted by Gasteiger charge is 1.98. The van der Waals surface area contributed by atoms with E-state index in [1.54, 1.807) is 21.0 Å². The van der Waals surface area contributed by atoms with Gasteiger partial charge in [0.05, 0.1) is 5.71 Å². The van der Waals surface area contributed by atoms with E-state index in [4.69, 9.17) is 12.2 Å².